The van der Waals surface area contributed by atoms with Gasteiger partial charge in [-0.2, -0.15) is 0 Å². The zero-order valence-electron chi connectivity index (χ0n) is 23.9. The summed E-state index contributed by atoms with van der Waals surface area (Å²) in [6, 6.07) is 9.31. The van der Waals surface area contributed by atoms with E-state index in [0.717, 1.165) is 11.8 Å². The fourth-order valence-electron chi connectivity index (χ4n) is 5.71. The molecule has 5 N–H and O–H groups in total. The molecule has 4 aromatic rings. The van der Waals surface area contributed by atoms with Gasteiger partial charge in [-0.15, -0.1) is 10.2 Å². The first-order valence-electron chi connectivity index (χ1n) is 14.3. The average molecular weight is 647 g/mol. The zero-order valence-corrected chi connectivity index (χ0v) is 24.7. The molecule has 0 spiro atoms. The Labute approximate surface area is 260 Å². The minimum absolute atomic E-state index is 0.296. The van der Waals surface area contributed by atoms with Crippen LogP contribution in [0.25, 0.3) is 22.5 Å². The lowest BCUT2D eigenvalue weighted by Crippen LogP contribution is -2.57. The van der Waals surface area contributed by atoms with Gasteiger partial charge in [0.1, 0.15) is 76.5 Å². The summed E-state index contributed by atoms with van der Waals surface area (Å²) in [6.07, 6.45) is -4.04. The van der Waals surface area contributed by atoms with E-state index >= 15 is 0 Å². The molecule has 0 amide bonds. The molecule has 2 fully saturated rings. The number of nitrogens with zero attached hydrogens (tertiary/aromatic N) is 6. The summed E-state index contributed by atoms with van der Waals surface area (Å²) >= 11 is 0.907. The summed E-state index contributed by atoms with van der Waals surface area (Å²) in [7, 11) is 0. The molecule has 0 aliphatic carbocycles. The van der Waals surface area contributed by atoms with Crippen LogP contribution in [0.5, 0.6) is 0 Å². The molecule has 6 rings (SSSR count). The maximum atomic E-state index is 13.8. The van der Waals surface area contributed by atoms with Crippen LogP contribution in [0.2, 0.25) is 0 Å². The second-order valence-corrected chi connectivity index (χ2v) is 12.1. The molecule has 10 atom stereocenters. The maximum Gasteiger partial charge on any atom is 0.134 e. The third kappa shape index (κ3) is 6.24. The van der Waals surface area contributed by atoms with Crippen molar-refractivity contribution in [3.05, 3.63) is 72.6 Å². The Bertz CT molecular complexity index is 1500. The molecule has 0 bridgehead atoms. The maximum absolute atomic E-state index is 13.8. The predicted octanol–water partition coefficient (Wildman–Crippen LogP) is 1.29. The molecule has 2 aliphatic rings. The van der Waals surface area contributed by atoms with Gasteiger partial charge in [-0.05, 0) is 30.7 Å². The fourth-order valence-corrected chi connectivity index (χ4v) is 7.03. The van der Waals surface area contributed by atoms with E-state index in [4.69, 9.17) is 9.47 Å². The lowest BCUT2D eigenvalue weighted by Gasteiger charge is -2.46. The predicted molar refractivity (Wildman–Crippen MR) is 155 cm³/mol. The summed E-state index contributed by atoms with van der Waals surface area (Å²) in [5, 5.41) is 71.4. The monoisotopic (exact) mass is 646 g/mol. The van der Waals surface area contributed by atoms with Gasteiger partial charge >= 0.3 is 0 Å². The topological polar surface area (TPSA) is 181 Å². The SMILES string of the molecule is CC[C@H]1OC(S[C@@H]2OC(CO)[C@H](O)[C@H](n3cc(-c4cccc(F)c4)nn3)C2O)[C@H](O)C(n2cc(-c3cccc(F)c3)nn2)C1O. The van der Waals surface area contributed by atoms with Crippen LogP contribution in [0.1, 0.15) is 25.4 Å². The molecular weight excluding hydrogens is 614 g/mol. The Balaban J connectivity index is 1.25. The van der Waals surface area contributed by atoms with Crippen LogP contribution in [0, 0.1) is 11.6 Å². The fraction of sp³-hybridized carbons (Fsp3) is 0.448. The van der Waals surface area contributed by atoms with Gasteiger partial charge in [-0.3, -0.25) is 0 Å². The standard InChI is InChI=1S/C29H32F2N6O7S/c1-2-20-24(39)22(36-11-18(32-34-36)14-5-3-7-16(30)9-14)26(41)28(43-20)45-29-27(42)23(25(40)21(13-38)44-29)37-12-19(33-35-37)15-6-4-8-17(31)10-15/h3-12,20-29,38-42H,2,13H2,1H3/t20-,21?,22?,23+,24?,25+,26-,27?,28?,29+/m1/s1. The van der Waals surface area contributed by atoms with Crippen molar-refractivity contribution < 1.29 is 43.8 Å². The highest BCUT2D eigenvalue weighted by Gasteiger charge is 2.51. The first kappa shape index (κ1) is 31.6. The highest BCUT2D eigenvalue weighted by molar-refractivity contribution is 8.00. The molecule has 13 nitrogen and oxygen atoms in total. The second-order valence-electron chi connectivity index (χ2n) is 10.9. The van der Waals surface area contributed by atoms with Gasteiger partial charge in [-0.1, -0.05) is 53.4 Å². The van der Waals surface area contributed by atoms with Crippen molar-refractivity contribution in [2.24, 2.45) is 0 Å². The van der Waals surface area contributed by atoms with Gasteiger partial charge in [0.15, 0.2) is 0 Å². The summed E-state index contributed by atoms with van der Waals surface area (Å²) in [5.74, 6) is -0.927. The van der Waals surface area contributed by atoms with Gasteiger partial charge in [0.2, 0.25) is 0 Å². The number of halogens is 2. The lowest BCUT2D eigenvalue weighted by molar-refractivity contribution is -0.185. The Morgan fingerprint density at radius 3 is 1.64 bits per heavy atom. The van der Waals surface area contributed by atoms with Gasteiger partial charge in [-0.25, -0.2) is 18.1 Å². The van der Waals surface area contributed by atoms with Crippen LogP contribution in [0.15, 0.2) is 60.9 Å². The minimum Gasteiger partial charge on any atom is -0.394 e. The van der Waals surface area contributed by atoms with Crippen molar-refractivity contribution in [2.75, 3.05) is 6.61 Å². The highest BCUT2D eigenvalue weighted by atomic mass is 32.2. The molecule has 45 heavy (non-hydrogen) atoms. The first-order valence-corrected chi connectivity index (χ1v) is 15.3. The molecule has 0 radical (unpaired) electrons. The van der Waals surface area contributed by atoms with Crippen molar-refractivity contribution in [3.63, 3.8) is 0 Å². The zero-order chi connectivity index (χ0) is 31.8. The third-order valence-corrected chi connectivity index (χ3v) is 9.38. The van der Waals surface area contributed by atoms with E-state index in [9.17, 15) is 34.3 Å². The number of aromatic nitrogens is 6. The highest BCUT2D eigenvalue weighted by Crippen LogP contribution is 2.42. The molecule has 2 aromatic heterocycles. The van der Waals surface area contributed by atoms with E-state index in [1.165, 1.54) is 58.2 Å². The molecule has 5 unspecified atom stereocenters. The number of hydrogen-bond donors (Lipinski definition) is 5. The van der Waals surface area contributed by atoms with Crippen molar-refractivity contribution in [1.82, 2.24) is 30.0 Å². The molecule has 240 valence electrons. The van der Waals surface area contributed by atoms with Crippen LogP contribution >= 0.6 is 11.8 Å². The Morgan fingerprint density at radius 1 is 0.733 bits per heavy atom. The number of aliphatic hydroxyl groups is 5. The molecule has 2 saturated heterocycles. The van der Waals surface area contributed by atoms with Crippen LogP contribution in [0.3, 0.4) is 0 Å². The van der Waals surface area contributed by atoms with E-state index in [0.29, 0.717) is 28.9 Å². The first-order chi connectivity index (χ1) is 21.7. The van der Waals surface area contributed by atoms with Crippen LogP contribution in [-0.4, -0.2) is 110 Å². The molecule has 16 heteroatoms. The summed E-state index contributed by atoms with van der Waals surface area (Å²) in [4.78, 5) is 0. The normalized spacial score (nSPS) is 32.1. The Hall–Kier alpha value is -3.35. The smallest absolute Gasteiger partial charge is 0.134 e. The summed E-state index contributed by atoms with van der Waals surface area (Å²) in [5.41, 5.74) is -0.699. The largest absolute Gasteiger partial charge is 0.394 e. The number of hydrogen-bond acceptors (Lipinski definition) is 12. The second kappa shape index (κ2) is 13.2. The van der Waals surface area contributed by atoms with E-state index in [1.54, 1.807) is 19.1 Å². The van der Waals surface area contributed by atoms with Gasteiger partial charge in [0.25, 0.3) is 0 Å². The lowest BCUT2D eigenvalue weighted by atomic mass is 9.95. The van der Waals surface area contributed by atoms with Gasteiger partial charge in [0, 0.05) is 11.1 Å². The van der Waals surface area contributed by atoms with Crippen LogP contribution in [-0.2, 0) is 9.47 Å². The van der Waals surface area contributed by atoms with E-state index in [2.05, 4.69) is 20.6 Å². The van der Waals surface area contributed by atoms with Gasteiger partial charge < -0.3 is 35.0 Å². The van der Waals surface area contributed by atoms with Crippen molar-refractivity contribution in [2.45, 2.75) is 72.9 Å². The van der Waals surface area contributed by atoms with Crippen LogP contribution in [0.4, 0.5) is 8.78 Å². The Morgan fingerprint density at radius 2 is 1.20 bits per heavy atom. The Kier molecular flexibility index (Phi) is 9.26. The minimum atomic E-state index is -1.44. The molecule has 0 saturated carbocycles. The number of rotatable bonds is 8. The quantitative estimate of drug-likeness (QED) is 0.185. The number of benzene rings is 2. The third-order valence-electron chi connectivity index (χ3n) is 8.06. The van der Waals surface area contributed by atoms with E-state index < -0.39 is 77.8 Å². The number of thioether (sulfide) groups is 1. The summed E-state index contributed by atoms with van der Waals surface area (Å²) in [6.45, 7) is 1.20. The van der Waals surface area contributed by atoms with Crippen molar-refractivity contribution in [3.8, 4) is 22.5 Å². The molecule has 2 aromatic carbocycles. The molecule has 4 heterocycles. The van der Waals surface area contributed by atoms with Crippen molar-refractivity contribution >= 4 is 11.8 Å². The number of aliphatic hydroxyl groups excluding tert-OH is 5. The summed E-state index contributed by atoms with van der Waals surface area (Å²) < 4.78 is 42.0. The molecule has 2 aliphatic heterocycles. The average Bonchev–Trinajstić information content (AvgIpc) is 3.71. The van der Waals surface area contributed by atoms with Crippen LogP contribution < -0.4 is 0 Å². The number of ether oxygens (including phenoxy) is 2. The molecular formula is C29H32F2N6O7S. The van der Waals surface area contributed by atoms with Crippen molar-refractivity contribution in [1.29, 1.82) is 0 Å². The van der Waals surface area contributed by atoms with E-state index in [1.807, 2.05) is 0 Å². The van der Waals surface area contributed by atoms with Gasteiger partial charge in [0.05, 0.1) is 25.1 Å². The van der Waals surface area contributed by atoms with E-state index in [-0.39, 0.29) is 0 Å².